The molecule has 0 fully saturated rings. The van der Waals surface area contributed by atoms with Gasteiger partial charge in [0, 0.05) is 12.2 Å². The van der Waals surface area contributed by atoms with Crippen molar-refractivity contribution in [2.45, 2.75) is 32.3 Å². The van der Waals surface area contributed by atoms with Gasteiger partial charge in [-0.15, -0.1) is 12.4 Å². The van der Waals surface area contributed by atoms with Crippen LogP contribution in [-0.2, 0) is 11.2 Å². The van der Waals surface area contributed by atoms with E-state index in [9.17, 15) is 9.90 Å². The van der Waals surface area contributed by atoms with Gasteiger partial charge in [0.15, 0.2) is 0 Å². The minimum absolute atomic E-state index is 0. The van der Waals surface area contributed by atoms with Crippen LogP contribution in [-0.4, -0.2) is 23.7 Å². The fraction of sp³-hybridized carbons (Fsp3) is 0.462. The minimum atomic E-state index is -0.449. The van der Waals surface area contributed by atoms with E-state index in [2.05, 4.69) is 5.32 Å². The quantitative estimate of drug-likeness (QED) is 0.687. The molecule has 0 radical (unpaired) electrons. The third-order valence-corrected chi connectivity index (χ3v) is 2.50. The van der Waals surface area contributed by atoms with Crippen LogP contribution < -0.4 is 11.1 Å². The predicted octanol–water partition coefficient (Wildman–Crippen LogP) is 1.51. The Labute approximate surface area is 114 Å². The molecule has 0 heterocycles. The number of anilines is 1. The van der Waals surface area contributed by atoms with Crippen molar-refractivity contribution < 1.29 is 9.90 Å². The van der Waals surface area contributed by atoms with Gasteiger partial charge in [-0.3, -0.25) is 4.79 Å². The summed E-state index contributed by atoms with van der Waals surface area (Å²) in [6.45, 7) is 2.32. The lowest BCUT2D eigenvalue weighted by atomic mass is 10.1. The number of amides is 1. The number of aliphatic hydroxyl groups is 1. The largest absolute Gasteiger partial charge is 0.399 e. The number of carbonyl (C=O) groups excluding carboxylic acids is 1. The number of carbonyl (C=O) groups is 1. The second-order valence-electron chi connectivity index (χ2n) is 4.16. The van der Waals surface area contributed by atoms with Gasteiger partial charge in [-0.05, 0) is 24.1 Å². The van der Waals surface area contributed by atoms with E-state index in [0.717, 1.165) is 12.0 Å². The predicted molar refractivity (Wildman–Crippen MR) is 75.7 cm³/mol. The van der Waals surface area contributed by atoms with Gasteiger partial charge in [0.05, 0.1) is 12.5 Å². The number of rotatable bonds is 6. The van der Waals surface area contributed by atoms with Gasteiger partial charge in [-0.25, -0.2) is 0 Å². The van der Waals surface area contributed by atoms with Gasteiger partial charge in [0.25, 0.3) is 0 Å². The average Bonchev–Trinajstić information content (AvgIpc) is 2.30. The van der Waals surface area contributed by atoms with Crippen molar-refractivity contribution in [3.63, 3.8) is 0 Å². The molecule has 0 aromatic heterocycles. The second kappa shape index (κ2) is 8.78. The maximum absolute atomic E-state index is 11.6. The summed E-state index contributed by atoms with van der Waals surface area (Å²) in [6, 6.07) is 7.21. The highest BCUT2D eigenvalue weighted by Crippen LogP contribution is 2.05. The van der Waals surface area contributed by atoms with E-state index >= 15 is 0 Å². The molecule has 1 atom stereocenters. The maximum atomic E-state index is 11.6. The van der Waals surface area contributed by atoms with Crippen LogP contribution in [0.4, 0.5) is 5.69 Å². The first-order valence-electron chi connectivity index (χ1n) is 5.91. The Kier molecular flexibility index (Phi) is 8.16. The number of nitrogens with one attached hydrogen (secondary N) is 1. The molecule has 4 nitrogen and oxygen atoms in total. The lowest BCUT2D eigenvalue weighted by Gasteiger charge is -2.10. The van der Waals surface area contributed by atoms with Gasteiger partial charge in [0.1, 0.15) is 0 Å². The van der Waals surface area contributed by atoms with Crippen LogP contribution >= 0.6 is 12.4 Å². The van der Waals surface area contributed by atoms with Crippen LogP contribution in [0.3, 0.4) is 0 Å². The summed E-state index contributed by atoms with van der Waals surface area (Å²) in [7, 11) is 0. The van der Waals surface area contributed by atoms with Crippen LogP contribution in [0.1, 0.15) is 25.3 Å². The van der Waals surface area contributed by atoms with Gasteiger partial charge in [0.2, 0.25) is 5.91 Å². The molecule has 5 heteroatoms. The monoisotopic (exact) mass is 272 g/mol. The van der Waals surface area contributed by atoms with Gasteiger partial charge in [-0.1, -0.05) is 25.5 Å². The highest BCUT2D eigenvalue weighted by atomic mass is 35.5. The van der Waals surface area contributed by atoms with Crippen LogP contribution in [0.25, 0.3) is 0 Å². The van der Waals surface area contributed by atoms with E-state index < -0.39 is 6.10 Å². The molecule has 0 aliphatic heterocycles. The van der Waals surface area contributed by atoms with Gasteiger partial charge in [-0.2, -0.15) is 0 Å². The molecule has 1 amide bonds. The topological polar surface area (TPSA) is 75.3 Å². The highest BCUT2D eigenvalue weighted by Gasteiger charge is 2.06. The molecule has 0 aliphatic carbocycles. The normalized spacial score (nSPS) is 11.4. The van der Waals surface area contributed by atoms with E-state index in [-0.39, 0.29) is 18.3 Å². The van der Waals surface area contributed by atoms with Crippen molar-refractivity contribution in [3.8, 4) is 0 Å². The van der Waals surface area contributed by atoms with E-state index in [1.54, 1.807) is 12.1 Å². The molecule has 0 saturated heterocycles. The van der Waals surface area contributed by atoms with Crippen molar-refractivity contribution in [1.29, 1.82) is 0 Å². The number of nitrogen functional groups attached to an aromatic ring is 1. The van der Waals surface area contributed by atoms with E-state index in [1.807, 2.05) is 19.1 Å². The zero-order valence-electron chi connectivity index (χ0n) is 10.6. The number of hydrogen-bond donors (Lipinski definition) is 3. The van der Waals surface area contributed by atoms with Gasteiger partial charge >= 0.3 is 0 Å². The summed E-state index contributed by atoms with van der Waals surface area (Å²) in [4.78, 5) is 11.6. The third kappa shape index (κ3) is 6.47. The molecule has 0 aliphatic rings. The molecule has 1 aromatic carbocycles. The Hall–Kier alpha value is -1.26. The Bertz CT molecular complexity index is 355. The molecule has 1 rings (SSSR count). The van der Waals surface area contributed by atoms with Crippen LogP contribution in [0.15, 0.2) is 24.3 Å². The lowest BCUT2D eigenvalue weighted by molar-refractivity contribution is -0.120. The van der Waals surface area contributed by atoms with Crippen molar-refractivity contribution in [3.05, 3.63) is 29.8 Å². The van der Waals surface area contributed by atoms with Crippen molar-refractivity contribution in [2.75, 3.05) is 12.3 Å². The standard InChI is InChI=1S/C13H20N2O2.ClH/c1-2-3-12(16)9-15-13(17)8-10-4-6-11(14)7-5-10;/h4-7,12,16H,2-3,8-9,14H2,1H3,(H,15,17);1H. The van der Waals surface area contributed by atoms with Crippen LogP contribution in [0.2, 0.25) is 0 Å². The average molecular weight is 273 g/mol. The summed E-state index contributed by atoms with van der Waals surface area (Å²) < 4.78 is 0. The minimum Gasteiger partial charge on any atom is -0.399 e. The summed E-state index contributed by atoms with van der Waals surface area (Å²) >= 11 is 0. The van der Waals surface area contributed by atoms with E-state index in [4.69, 9.17) is 5.73 Å². The maximum Gasteiger partial charge on any atom is 0.224 e. The molecule has 18 heavy (non-hydrogen) atoms. The second-order valence-corrected chi connectivity index (χ2v) is 4.16. The van der Waals surface area contributed by atoms with E-state index in [1.165, 1.54) is 0 Å². The Morgan fingerprint density at radius 1 is 1.39 bits per heavy atom. The molecule has 1 aromatic rings. The summed E-state index contributed by atoms with van der Waals surface area (Å²) in [6.07, 6.45) is 1.49. The zero-order chi connectivity index (χ0) is 12.7. The summed E-state index contributed by atoms with van der Waals surface area (Å²) in [5.41, 5.74) is 7.16. The Morgan fingerprint density at radius 2 is 2.00 bits per heavy atom. The summed E-state index contributed by atoms with van der Waals surface area (Å²) in [5, 5.41) is 12.2. The van der Waals surface area contributed by atoms with E-state index in [0.29, 0.717) is 25.1 Å². The van der Waals surface area contributed by atoms with Crippen LogP contribution in [0.5, 0.6) is 0 Å². The lowest BCUT2D eigenvalue weighted by Crippen LogP contribution is -2.33. The fourth-order valence-electron chi connectivity index (χ4n) is 1.55. The number of aliphatic hydroxyl groups excluding tert-OH is 1. The smallest absolute Gasteiger partial charge is 0.224 e. The molecule has 0 saturated carbocycles. The number of hydrogen-bond acceptors (Lipinski definition) is 3. The van der Waals surface area contributed by atoms with Gasteiger partial charge < -0.3 is 16.2 Å². The first-order chi connectivity index (χ1) is 8.11. The highest BCUT2D eigenvalue weighted by molar-refractivity contribution is 5.85. The third-order valence-electron chi connectivity index (χ3n) is 2.50. The Balaban J connectivity index is 0.00000289. The van der Waals surface area contributed by atoms with Crippen LogP contribution in [0, 0.1) is 0 Å². The first-order valence-corrected chi connectivity index (χ1v) is 5.91. The SMILES string of the molecule is CCCC(O)CNC(=O)Cc1ccc(N)cc1.Cl. The zero-order valence-corrected chi connectivity index (χ0v) is 11.4. The van der Waals surface area contributed by atoms with Crippen molar-refractivity contribution in [1.82, 2.24) is 5.32 Å². The summed E-state index contributed by atoms with van der Waals surface area (Å²) in [5.74, 6) is -0.0788. The number of benzene rings is 1. The van der Waals surface area contributed by atoms with Crippen molar-refractivity contribution in [2.24, 2.45) is 0 Å². The Morgan fingerprint density at radius 3 is 2.56 bits per heavy atom. The number of halogens is 1. The molecule has 102 valence electrons. The van der Waals surface area contributed by atoms with Crippen molar-refractivity contribution >= 4 is 24.0 Å². The molecule has 0 spiro atoms. The molecule has 4 N–H and O–H groups in total. The molecular formula is C13H21ClN2O2. The molecule has 0 bridgehead atoms. The molecule has 1 unspecified atom stereocenters. The fourth-order valence-corrected chi connectivity index (χ4v) is 1.55. The molecular weight excluding hydrogens is 252 g/mol. The number of nitrogens with two attached hydrogens (primary N) is 1. The first kappa shape index (κ1) is 16.7.